The molecule has 6 aromatic rings. The summed E-state index contributed by atoms with van der Waals surface area (Å²) in [7, 11) is 0. The number of hydrogen-bond donors (Lipinski definition) is 0. The van der Waals surface area contributed by atoms with Crippen molar-refractivity contribution in [1.29, 1.82) is 0 Å². The van der Waals surface area contributed by atoms with E-state index >= 15 is 0 Å². The Balaban J connectivity index is 1.32. The fourth-order valence-corrected chi connectivity index (χ4v) is 8.48. The van der Waals surface area contributed by atoms with Crippen molar-refractivity contribution < 1.29 is 0 Å². The van der Waals surface area contributed by atoms with E-state index in [4.69, 9.17) is 4.99 Å². The summed E-state index contributed by atoms with van der Waals surface area (Å²) >= 11 is 1.93. The molecule has 0 bridgehead atoms. The van der Waals surface area contributed by atoms with Crippen LogP contribution in [0.5, 0.6) is 0 Å². The van der Waals surface area contributed by atoms with Crippen LogP contribution in [0.25, 0.3) is 60.5 Å². The second-order valence-electron chi connectivity index (χ2n) is 11.8. The molecule has 218 valence electrons. The van der Waals surface area contributed by atoms with Crippen LogP contribution in [-0.4, -0.2) is 10.3 Å². The van der Waals surface area contributed by atoms with Crippen LogP contribution in [0.1, 0.15) is 37.7 Å². The summed E-state index contributed by atoms with van der Waals surface area (Å²) in [4.78, 5) is 5.35. The average Bonchev–Trinajstić information content (AvgIpc) is 3.64. The Morgan fingerprint density at radius 3 is 2.53 bits per heavy atom. The van der Waals surface area contributed by atoms with Crippen molar-refractivity contribution in [2.45, 2.75) is 32.1 Å². The van der Waals surface area contributed by atoms with E-state index in [9.17, 15) is 0 Å². The maximum Gasteiger partial charge on any atom is 0.131 e. The fraction of sp³-hybridized carbons (Fsp3) is 0.119. The topological polar surface area (TPSA) is 17.3 Å². The minimum absolute atomic E-state index is 0.418. The van der Waals surface area contributed by atoms with E-state index in [0.717, 1.165) is 41.8 Å². The summed E-state index contributed by atoms with van der Waals surface area (Å²) in [6, 6.07) is 32.7. The van der Waals surface area contributed by atoms with Crippen LogP contribution < -0.4 is 9.75 Å². The Hall–Kier alpha value is -4.99. The first-order valence-corrected chi connectivity index (χ1v) is 16.6. The van der Waals surface area contributed by atoms with Gasteiger partial charge in [-0.25, -0.2) is 4.99 Å². The van der Waals surface area contributed by atoms with Crippen molar-refractivity contribution in [3.8, 4) is 11.1 Å². The maximum atomic E-state index is 5.35. The molecule has 45 heavy (non-hydrogen) atoms. The largest absolute Gasteiger partial charge is 0.294 e. The highest BCUT2D eigenvalue weighted by atomic mass is 32.1. The van der Waals surface area contributed by atoms with Gasteiger partial charge >= 0.3 is 0 Å². The highest BCUT2D eigenvalue weighted by Crippen LogP contribution is 2.36. The van der Waals surface area contributed by atoms with Crippen molar-refractivity contribution in [2.75, 3.05) is 0 Å². The number of fused-ring (bicyclic) bond motifs is 6. The van der Waals surface area contributed by atoms with E-state index in [0.29, 0.717) is 5.92 Å². The molecule has 1 unspecified atom stereocenters. The highest BCUT2D eigenvalue weighted by molar-refractivity contribution is 7.17. The van der Waals surface area contributed by atoms with E-state index in [1.165, 1.54) is 52.9 Å². The minimum Gasteiger partial charge on any atom is -0.294 e. The summed E-state index contributed by atoms with van der Waals surface area (Å²) in [5.74, 6) is 1.14. The number of benzene rings is 4. The predicted molar refractivity (Wildman–Crippen MR) is 196 cm³/mol. The molecule has 3 heteroatoms. The molecule has 0 fully saturated rings. The number of hydrogen-bond acceptors (Lipinski definition) is 2. The third-order valence-corrected chi connectivity index (χ3v) is 10.4. The molecule has 0 saturated carbocycles. The van der Waals surface area contributed by atoms with Crippen LogP contribution in [0.4, 0.5) is 0 Å². The quantitative estimate of drug-likeness (QED) is 0.170. The SMILES string of the molecule is C=C(/N=C(\C=C/C)C1=c2sc3c(C4C=CC=CC4)cccc3c2=CCC1)n1c2ccccc2c2ccc(-c3ccccc3)cc21. The Morgan fingerprint density at radius 2 is 1.69 bits per heavy atom. The summed E-state index contributed by atoms with van der Waals surface area (Å²) in [6.07, 6.45) is 18.7. The van der Waals surface area contributed by atoms with Gasteiger partial charge < -0.3 is 0 Å². The van der Waals surface area contributed by atoms with E-state index < -0.39 is 0 Å². The lowest BCUT2D eigenvalue weighted by atomic mass is 9.91. The van der Waals surface area contributed by atoms with Crippen LogP contribution in [0.2, 0.25) is 0 Å². The zero-order chi connectivity index (χ0) is 30.3. The first-order chi connectivity index (χ1) is 22.2. The summed E-state index contributed by atoms with van der Waals surface area (Å²) < 4.78 is 4.98. The lowest BCUT2D eigenvalue weighted by molar-refractivity contribution is 0.863. The molecule has 2 nitrogen and oxygen atoms in total. The third-order valence-electron chi connectivity index (χ3n) is 9.10. The second kappa shape index (κ2) is 11.5. The second-order valence-corrected chi connectivity index (χ2v) is 12.8. The number of para-hydroxylation sites is 1. The van der Waals surface area contributed by atoms with Crippen LogP contribution >= 0.6 is 11.3 Å². The molecule has 0 N–H and O–H groups in total. The van der Waals surface area contributed by atoms with Gasteiger partial charge in [0.15, 0.2) is 0 Å². The van der Waals surface area contributed by atoms with Gasteiger partial charge in [-0.1, -0.05) is 122 Å². The van der Waals surface area contributed by atoms with Gasteiger partial charge in [0, 0.05) is 31.3 Å². The molecule has 2 aromatic heterocycles. The van der Waals surface area contributed by atoms with Crippen molar-refractivity contribution >= 4 is 66.4 Å². The van der Waals surface area contributed by atoms with Gasteiger partial charge in [-0.05, 0) is 71.9 Å². The lowest BCUT2D eigenvalue weighted by Gasteiger charge is -2.14. The maximum absolute atomic E-state index is 5.35. The molecule has 0 amide bonds. The zero-order valence-electron chi connectivity index (χ0n) is 25.4. The van der Waals surface area contributed by atoms with Gasteiger partial charge in [0.1, 0.15) is 5.82 Å². The molecule has 8 rings (SSSR count). The Morgan fingerprint density at radius 1 is 0.867 bits per heavy atom. The Labute approximate surface area is 267 Å². The van der Waals surface area contributed by atoms with Crippen LogP contribution in [0.3, 0.4) is 0 Å². The molecule has 1 atom stereocenters. The van der Waals surface area contributed by atoms with Crippen LogP contribution in [0, 0.1) is 0 Å². The molecule has 0 radical (unpaired) electrons. The number of aromatic nitrogens is 1. The Kier molecular flexibility index (Phi) is 7.04. The van der Waals surface area contributed by atoms with Crippen LogP contribution in [-0.2, 0) is 0 Å². The molecule has 2 heterocycles. The number of allylic oxidation sites excluding steroid dienone is 6. The highest BCUT2D eigenvalue weighted by Gasteiger charge is 2.19. The van der Waals surface area contributed by atoms with Gasteiger partial charge in [-0.15, -0.1) is 11.3 Å². The molecule has 2 aliphatic rings. The van der Waals surface area contributed by atoms with Gasteiger partial charge in [-0.3, -0.25) is 4.57 Å². The molecule has 0 saturated heterocycles. The number of nitrogens with zero attached hydrogens (tertiary/aromatic N) is 2. The zero-order valence-corrected chi connectivity index (χ0v) is 26.2. The molecule has 0 spiro atoms. The Bertz CT molecular complexity index is 2370. The smallest absolute Gasteiger partial charge is 0.131 e. The number of thiophene rings is 1. The monoisotopic (exact) mass is 598 g/mol. The van der Waals surface area contributed by atoms with Gasteiger partial charge in [0.05, 0.1) is 16.7 Å². The number of aliphatic imine (C=N–C) groups is 1. The minimum atomic E-state index is 0.418. The molecule has 4 aromatic carbocycles. The summed E-state index contributed by atoms with van der Waals surface area (Å²) in [5.41, 5.74) is 8.35. The molecule has 2 aliphatic carbocycles. The van der Waals surface area contributed by atoms with E-state index in [1.807, 2.05) is 11.3 Å². The predicted octanol–water partition coefficient (Wildman–Crippen LogP) is 10.1. The van der Waals surface area contributed by atoms with Crippen molar-refractivity contribution in [3.05, 3.63) is 149 Å². The molecule has 0 aliphatic heterocycles. The van der Waals surface area contributed by atoms with Gasteiger partial charge in [0.2, 0.25) is 0 Å². The van der Waals surface area contributed by atoms with E-state index in [1.54, 1.807) is 0 Å². The fourth-order valence-electron chi connectivity index (χ4n) is 7.02. The number of rotatable bonds is 6. The van der Waals surface area contributed by atoms with Crippen molar-refractivity contribution in [1.82, 2.24) is 4.57 Å². The van der Waals surface area contributed by atoms with E-state index in [2.05, 4.69) is 152 Å². The summed E-state index contributed by atoms with van der Waals surface area (Å²) in [6.45, 7) is 6.68. The lowest BCUT2D eigenvalue weighted by Crippen LogP contribution is -2.27. The van der Waals surface area contributed by atoms with Gasteiger partial charge in [-0.2, -0.15) is 0 Å². The summed E-state index contributed by atoms with van der Waals surface area (Å²) in [5, 5.41) is 5.14. The van der Waals surface area contributed by atoms with Crippen LogP contribution in [0.15, 0.2) is 139 Å². The first-order valence-electron chi connectivity index (χ1n) is 15.8. The first kappa shape index (κ1) is 27.6. The van der Waals surface area contributed by atoms with Crippen molar-refractivity contribution in [2.24, 2.45) is 4.99 Å². The third kappa shape index (κ3) is 4.75. The molecular formula is C42H34N2S. The van der Waals surface area contributed by atoms with Gasteiger partial charge in [0.25, 0.3) is 0 Å². The average molecular weight is 599 g/mol. The standard InChI is InChI=1S/C42H34N2S/c1-3-14-38(37-23-13-22-36-35-21-12-20-32(41(35)45-42(36)37)30-17-8-5-9-18-30)43-28(2)44-39-24-11-10-19-33(39)34-26-25-31(27-40(34)44)29-15-6-4-7-16-29/h3-12,14-17,19-22,24-27,30H,2,13,18,23H2,1H3/b14-3-,43-38+. The van der Waals surface area contributed by atoms with E-state index in [-0.39, 0.29) is 0 Å². The molecular weight excluding hydrogens is 565 g/mol. The normalized spacial score (nSPS) is 16.6. The van der Waals surface area contributed by atoms with Crippen molar-refractivity contribution in [3.63, 3.8) is 0 Å².